The Morgan fingerprint density at radius 1 is 1.09 bits per heavy atom. The van der Waals surface area contributed by atoms with Crippen molar-refractivity contribution in [3.63, 3.8) is 0 Å². The van der Waals surface area contributed by atoms with Crippen LogP contribution in [0.25, 0.3) is 0 Å². The summed E-state index contributed by atoms with van der Waals surface area (Å²) in [6, 6.07) is 0. The summed E-state index contributed by atoms with van der Waals surface area (Å²) in [5, 5.41) is 13.9. The van der Waals surface area contributed by atoms with E-state index in [1.807, 2.05) is 0 Å². The van der Waals surface area contributed by atoms with Crippen molar-refractivity contribution in [2.75, 3.05) is 0 Å². The van der Waals surface area contributed by atoms with Gasteiger partial charge in [-0.2, -0.15) is 0 Å². The van der Waals surface area contributed by atoms with Crippen molar-refractivity contribution < 1.29 is 93.3 Å². The second kappa shape index (κ2) is 11.3. The van der Waals surface area contributed by atoms with Gasteiger partial charge in [0, 0.05) is 0 Å². The smallest absolute Gasteiger partial charge is 0.828 e. The standard InChI is InChI=1S/CH2O3.2Na.H2O4Si/c2-1(3)4;;;1-5(2,3)4/h(H2,2,3,4);;;1-2H/q;2*+1;-2. The molecule has 0 aromatic carbocycles. The molecule has 0 aliphatic rings. The minimum atomic E-state index is -5.11. The number of rotatable bonds is 0. The van der Waals surface area contributed by atoms with Crippen LogP contribution in [0.5, 0.6) is 0 Å². The number of carbonyl (C=O) groups is 1. The molecule has 0 radical (unpaired) electrons. The normalized spacial score (nSPS) is 7.64. The van der Waals surface area contributed by atoms with Gasteiger partial charge in [0.05, 0.1) is 0 Å². The zero-order valence-corrected chi connectivity index (χ0v) is 11.0. The third-order valence-corrected chi connectivity index (χ3v) is 0. The first kappa shape index (κ1) is 22.8. The fourth-order valence-electron chi connectivity index (χ4n) is 0. The zero-order chi connectivity index (χ0) is 8.08. The van der Waals surface area contributed by atoms with Crippen LogP contribution < -0.4 is 68.7 Å². The van der Waals surface area contributed by atoms with E-state index in [0.717, 1.165) is 0 Å². The van der Waals surface area contributed by atoms with Crippen molar-refractivity contribution in [2.45, 2.75) is 0 Å². The van der Waals surface area contributed by atoms with Crippen molar-refractivity contribution in [2.24, 2.45) is 0 Å². The topological polar surface area (TPSA) is 144 Å². The summed E-state index contributed by atoms with van der Waals surface area (Å²) < 4.78 is 0. The second-order valence-corrected chi connectivity index (χ2v) is 1.93. The monoisotopic (exact) mass is 202 g/mol. The van der Waals surface area contributed by atoms with E-state index in [-0.39, 0.29) is 59.1 Å². The molecular formula is CH4Na2O7Si. The van der Waals surface area contributed by atoms with Crippen molar-refractivity contribution in [1.29, 1.82) is 0 Å². The molecule has 7 nitrogen and oxygen atoms in total. The van der Waals surface area contributed by atoms with Gasteiger partial charge < -0.3 is 29.4 Å². The maximum Gasteiger partial charge on any atom is 1.00 e. The van der Waals surface area contributed by atoms with E-state index in [2.05, 4.69) is 0 Å². The van der Waals surface area contributed by atoms with Gasteiger partial charge in [-0.15, -0.1) is 0 Å². The Labute approximate surface area is 107 Å². The fourth-order valence-corrected chi connectivity index (χ4v) is 0. The molecule has 0 rings (SSSR count). The van der Waals surface area contributed by atoms with Crippen molar-refractivity contribution in [3.05, 3.63) is 0 Å². The van der Waals surface area contributed by atoms with Gasteiger partial charge in [-0.05, 0) is 0 Å². The van der Waals surface area contributed by atoms with Crippen LogP contribution in [0.15, 0.2) is 0 Å². The fraction of sp³-hybridized carbons (Fsp3) is 0. The molecule has 0 aromatic heterocycles. The number of carboxylic acid groups (broad SMARTS) is 2. The van der Waals surface area contributed by atoms with Crippen molar-refractivity contribution in [1.82, 2.24) is 0 Å². The van der Waals surface area contributed by atoms with Crippen molar-refractivity contribution >= 4 is 15.2 Å². The molecule has 0 aromatic rings. The van der Waals surface area contributed by atoms with Gasteiger partial charge in [-0.1, -0.05) is 0 Å². The Morgan fingerprint density at radius 3 is 1.09 bits per heavy atom. The zero-order valence-electron chi connectivity index (χ0n) is 6.01. The average Bonchev–Trinajstić information content (AvgIpc) is 1.19. The summed E-state index contributed by atoms with van der Waals surface area (Å²) in [7, 11) is -5.11. The van der Waals surface area contributed by atoms with E-state index in [4.69, 9.17) is 34.2 Å². The Bertz CT molecular complexity index is 78.9. The molecule has 11 heavy (non-hydrogen) atoms. The third kappa shape index (κ3) is 560. The first-order valence-electron chi connectivity index (χ1n) is 1.51. The van der Waals surface area contributed by atoms with Crippen LogP contribution in [0.1, 0.15) is 0 Å². The first-order valence-corrected chi connectivity index (χ1v) is 3.22. The molecule has 0 saturated carbocycles. The van der Waals surface area contributed by atoms with Crippen molar-refractivity contribution in [3.8, 4) is 0 Å². The number of hydrogen-bond acceptors (Lipinski definition) is 5. The summed E-state index contributed by atoms with van der Waals surface area (Å²) in [6.07, 6.45) is -1.83. The van der Waals surface area contributed by atoms with E-state index in [0.29, 0.717) is 0 Å². The molecule has 0 aliphatic heterocycles. The van der Waals surface area contributed by atoms with Crippen LogP contribution >= 0.6 is 0 Å². The molecule has 0 unspecified atom stereocenters. The Balaban J connectivity index is -0.0000000383. The molecule has 4 N–H and O–H groups in total. The van der Waals surface area contributed by atoms with Gasteiger partial charge in [-0.3, -0.25) is 0 Å². The van der Waals surface area contributed by atoms with E-state index >= 15 is 0 Å². The molecule has 0 bridgehead atoms. The number of hydrogen-bond donors (Lipinski definition) is 4. The van der Waals surface area contributed by atoms with E-state index < -0.39 is 15.2 Å². The summed E-state index contributed by atoms with van der Waals surface area (Å²) in [4.78, 5) is 40.4. The van der Waals surface area contributed by atoms with Gasteiger partial charge in [0.1, 0.15) is 9.05 Å². The summed E-state index contributed by atoms with van der Waals surface area (Å²) in [6.45, 7) is 0. The molecule has 0 amide bonds. The first-order chi connectivity index (χ1) is 3.73. The largest absolute Gasteiger partial charge is 1.00 e. The minimum absolute atomic E-state index is 0. The van der Waals surface area contributed by atoms with Gasteiger partial charge in [0.15, 0.2) is 0 Å². The van der Waals surface area contributed by atoms with Crippen LogP contribution in [-0.4, -0.2) is 35.0 Å². The third-order valence-electron chi connectivity index (χ3n) is 0. The van der Waals surface area contributed by atoms with E-state index in [1.165, 1.54) is 0 Å². The molecule has 0 spiro atoms. The maximum atomic E-state index is 8.80. The van der Waals surface area contributed by atoms with Crippen LogP contribution in [0, 0.1) is 0 Å². The van der Waals surface area contributed by atoms with Gasteiger partial charge >= 0.3 is 65.3 Å². The summed E-state index contributed by atoms with van der Waals surface area (Å²) >= 11 is 0. The van der Waals surface area contributed by atoms with Crippen LogP contribution in [0.3, 0.4) is 0 Å². The van der Waals surface area contributed by atoms with E-state index in [1.54, 1.807) is 0 Å². The van der Waals surface area contributed by atoms with Crippen LogP contribution in [-0.2, 0) is 0 Å². The van der Waals surface area contributed by atoms with E-state index in [9.17, 15) is 0 Å². The molecule has 0 aliphatic carbocycles. The molecule has 10 heteroatoms. The van der Waals surface area contributed by atoms with Crippen LogP contribution in [0.4, 0.5) is 4.79 Å². The Kier molecular flexibility index (Phi) is 23.5. The average molecular weight is 202 g/mol. The summed E-state index contributed by atoms with van der Waals surface area (Å²) in [5.74, 6) is 0. The van der Waals surface area contributed by atoms with Gasteiger partial charge in [0.2, 0.25) is 0 Å². The molecule has 0 fully saturated rings. The molecule has 0 atom stereocenters. The second-order valence-electron chi connectivity index (χ2n) is 0.831. The molecular weight excluding hydrogens is 198 g/mol. The van der Waals surface area contributed by atoms with Gasteiger partial charge in [-0.25, -0.2) is 4.79 Å². The quantitative estimate of drug-likeness (QED) is 0.285. The minimum Gasteiger partial charge on any atom is -0.828 e. The molecule has 0 heterocycles. The predicted octanol–water partition coefficient (Wildman–Crippen LogP) is -9.64. The molecule has 56 valence electrons. The summed E-state index contributed by atoms with van der Waals surface area (Å²) in [5.41, 5.74) is 0. The maximum absolute atomic E-state index is 8.80. The van der Waals surface area contributed by atoms with Crippen LogP contribution in [0.2, 0.25) is 0 Å². The SMILES string of the molecule is O=C(O)O.[Na+].[Na+].[O-][Si]([O-])(O)O. The Hall–Kier alpha value is 1.33. The Morgan fingerprint density at radius 2 is 1.09 bits per heavy atom. The molecule has 0 saturated heterocycles. The van der Waals surface area contributed by atoms with Gasteiger partial charge in [0.25, 0.3) is 0 Å². The predicted molar refractivity (Wildman–Crippen MR) is 20.8 cm³/mol.